The molecule has 1 aromatic heterocycles. The Hall–Kier alpha value is -1.54. The van der Waals surface area contributed by atoms with Gasteiger partial charge in [-0.25, -0.2) is 4.98 Å². The number of carbonyl (C=O) groups excluding carboxylic acids is 1. The Morgan fingerprint density at radius 3 is 2.47 bits per heavy atom. The van der Waals surface area contributed by atoms with Gasteiger partial charge in [0.05, 0.1) is 10.8 Å². The summed E-state index contributed by atoms with van der Waals surface area (Å²) in [5.74, 6) is -0.406. The van der Waals surface area contributed by atoms with E-state index in [1.165, 1.54) is 11.8 Å². The molecule has 1 rings (SSSR count). The number of aryl methyl sites for hydroxylation is 1. The molecule has 90 valence electrons. The Morgan fingerprint density at radius 1 is 1.41 bits per heavy atom. The van der Waals surface area contributed by atoms with E-state index < -0.39 is 11.2 Å². The third kappa shape index (κ3) is 2.77. The lowest BCUT2D eigenvalue weighted by Crippen LogP contribution is -2.22. The van der Waals surface area contributed by atoms with Crippen LogP contribution in [0.2, 0.25) is 0 Å². The smallest absolute Gasteiger partial charge is 0.230 e. The van der Waals surface area contributed by atoms with Crippen molar-refractivity contribution < 1.29 is 4.79 Å². The van der Waals surface area contributed by atoms with Crippen LogP contribution in [-0.4, -0.2) is 16.1 Å². The van der Waals surface area contributed by atoms with Gasteiger partial charge in [0.25, 0.3) is 0 Å². The van der Waals surface area contributed by atoms with Crippen LogP contribution in [0.3, 0.4) is 0 Å². The van der Waals surface area contributed by atoms with Gasteiger partial charge in [0, 0.05) is 5.69 Å². The van der Waals surface area contributed by atoms with Gasteiger partial charge in [-0.15, -0.1) is 0 Å². The molecule has 0 aliphatic heterocycles. The number of amides is 1. The molecule has 1 amide bonds. The second-order valence-corrected chi connectivity index (χ2v) is 5.23. The number of primary amides is 1. The molecule has 17 heavy (non-hydrogen) atoms. The third-order valence-corrected chi connectivity index (χ3v) is 3.87. The molecule has 0 spiro atoms. The largest absolute Gasteiger partial charge is 0.369 e. The Balaban J connectivity index is 3.25. The van der Waals surface area contributed by atoms with E-state index in [2.05, 4.69) is 11.1 Å². The summed E-state index contributed by atoms with van der Waals surface area (Å²) in [5.41, 5.74) is 8.55. The number of hydrogen-bond donors (Lipinski definition) is 1. The number of hydrogen-bond acceptors (Lipinski definition) is 4. The fourth-order valence-electron chi connectivity index (χ4n) is 1.35. The third-order valence-electron chi connectivity index (χ3n) is 2.76. The average Bonchev–Trinajstić information content (AvgIpc) is 2.26. The molecule has 0 unspecified atom stereocenters. The first-order valence-electron chi connectivity index (χ1n) is 5.22. The van der Waals surface area contributed by atoms with Gasteiger partial charge in [-0.05, 0) is 38.8 Å². The van der Waals surface area contributed by atoms with E-state index in [1.54, 1.807) is 6.92 Å². The maximum Gasteiger partial charge on any atom is 0.230 e. The number of pyridine rings is 1. The standard InChI is InChI=1S/C12H15N3OS/c1-6-7(2)10(5-13)12(15-8(6)3)17-9(4)11(14)16/h9H,1-4H3,(H2,14,16)/t9-/m1/s1. The summed E-state index contributed by atoms with van der Waals surface area (Å²) < 4.78 is 0. The first-order chi connectivity index (χ1) is 7.88. The van der Waals surface area contributed by atoms with Crippen molar-refractivity contribution in [2.24, 2.45) is 5.73 Å². The van der Waals surface area contributed by atoms with Crippen molar-refractivity contribution in [2.75, 3.05) is 0 Å². The van der Waals surface area contributed by atoms with Crippen LogP contribution < -0.4 is 5.73 Å². The molecule has 0 aromatic carbocycles. The first kappa shape index (κ1) is 13.5. The molecule has 0 saturated heterocycles. The molecule has 2 N–H and O–H groups in total. The summed E-state index contributed by atoms with van der Waals surface area (Å²) in [5, 5.41) is 9.34. The average molecular weight is 249 g/mol. The van der Waals surface area contributed by atoms with Crippen LogP contribution in [0.5, 0.6) is 0 Å². The van der Waals surface area contributed by atoms with E-state index in [0.29, 0.717) is 10.6 Å². The Labute approximate surface area is 105 Å². The number of nitrogens with zero attached hydrogens (tertiary/aromatic N) is 2. The summed E-state index contributed by atoms with van der Waals surface area (Å²) in [4.78, 5) is 15.4. The summed E-state index contributed by atoms with van der Waals surface area (Å²) in [6, 6.07) is 2.14. The minimum absolute atomic E-state index is 0.392. The van der Waals surface area contributed by atoms with Gasteiger partial charge in [-0.3, -0.25) is 4.79 Å². The van der Waals surface area contributed by atoms with E-state index in [-0.39, 0.29) is 0 Å². The summed E-state index contributed by atoms with van der Waals surface area (Å²) >= 11 is 1.23. The minimum atomic E-state index is -0.406. The van der Waals surface area contributed by atoms with Crippen LogP contribution in [0.15, 0.2) is 5.03 Å². The zero-order chi connectivity index (χ0) is 13.2. The van der Waals surface area contributed by atoms with Gasteiger partial charge < -0.3 is 5.73 Å². The van der Waals surface area contributed by atoms with Gasteiger partial charge in [-0.2, -0.15) is 5.26 Å². The highest BCUT2D eigenvalue weighted by molar-refractivity contribution is 8.00. The zero-order valence-corrected chi connectivity index (χ0v) is 11.2. The van der Waals surface area contributed by atoms with Crippen LogP contribution in [-0.2, 0) is 4.79 Å². The number of rotatable bonds is 3. The van der Waals surface area contributed by atoms with E-state index in [0.717, 1.165) is 16.8 Å². The zero-order valence-electron chi connectivity index (χ0n) is 10.4. The molecule has 1 atom stereocenters. The maximum absolute atomic E-state index is 11.0. The van der Waals surface area contributed by atoms with Crippen molar-refractivity contribution in [3.05, 3.63) is 22.4 Å². The predicted octanol–water partition coefficient (Wildman–Crippen LogP) is 1.84. The molecule has 0 aliphatic carbocycles. The highest BCUT2D eigenvalue weighted by Gasteiger charge is 2.17. The van der Waals surface area contributed by atoms with Crippen molar-refractivity contribution in [1.82, 2.24) is 4.98 Å². The van der Waals surface area contributed by atoms with Gasteiger partial charge in [-0.1, -0.05) is 11.8 Å². The lowest BCUT2D eigenvalue weighted by Gasteiger charge is -2.12. The Bertz CT molecular complexity index is 505. The molecular formula is C12H15N3OS. The molecule has 0 fully saturated rings. The van der Waals surface area contributed by atoms with E-state index >= 15 is 0 Å². The van der Waals surface area contributed by atoms with Crippen molar-refractivity contribution in [3.63, 3.8) is 0 Å². The SMILES string of the molecule is Cc1nc(S[C@H](C)C(N)=O)c(C#N)c(C)c1C. The molecule has 1 aromatic rings. The molecule has 4 nitrogen and oxygen atoms in total. The van der Waals surface area contributed by atoms with Gasteiger partial charge in [0.1, 0.15) is 11.1 Å². The lowest BCUT2D eigenvalue weighted by atomic mass is 10.1. The number of nitrogens with two attached hydrogens (primary N) is 1. The summed E-state index contributed by atoms with van der Waals surface area (Å²) in [7, 11) is 0. The quantitative estimate of drug-likeness (QED) is 0.829. The molecule has 0 bridgehead atoms. The van der Waals surface area contributed by atoms with Crippen molar-refractivity contribution in [2.45, 2.75) is 38.0 Å². The minimum Gasteiger partial charge on any atom is -0.369 e. The van der Waals surface area contributed by atoms with E-state index in [1.807, 2.05) is 20.8 Å². The molecule has 0 aliphatic rings. The maximum atomic E-state index is 11.0. The highest BCUT2D eigenvalue weighted by Crippen LogP contribution is 2.28. The summed E-state index contributed by atoms with van der Waals surface area (Å²) in [6.45, 7) is 7.43. The van der Waals surface area contributed by atoms with E-state index in [4.69, 9.17) is 11.0 Å². The summed E-state index contributed by atoms with van der Waals surface area (Å²) in [6.07, 6.45) is 0. The first-order valence-corrected chi connectivity index (χ1v) is 6.10. The van der Waals surface area contributed by atoms with Crippen LogP contribution in [0.1, 0.15) is 29.3 Å². The predicted molar refractivity (Wildman–Crippen MR) is 67.7 cm³/mol. The fraction of sp³-hybridized carbons (Fsp3) is 0.417. The van der Waals surface area contributed by atoms with Crippen LogP contribution in [0.25, 0.3) is 0 Å². The topological polar surface area (TPSA) is 79.8 Å². The number of thioether (sulfide) groups is 1. The number of aromatic nitrogens is 1. The molecule has 0 saturated carbocycles. The van der Waals surface area contributed by atoms with Crippen LogP contribution >= 0.6 is 11.8 Å². The van der Waals surface area contributed by atoms with Crippen molar-refractivity contribution >= 4 is 17.7 Å². The second kappa shape index (κ2) is 5.19. The molecule has 5 heteroatoms. The van der Waals surface area contributed by atoms with Gasteiger partial charge in [0.15, 0.2) is 0 Å². The van der Waals surface area contributed by atoms with Crippen LogP contribution in [0, 0.1) is 32.1 Å². The van der Waals surface area contributed by atoms with Crippen LogP contribution in [0.4, 0.5) is 0 Å². The lowest BCUT2D eigenvalue weighted by molar-refractivity contribution is -0.117. The number of carbonyl (C=O) groups is 1. The fourth-order valence-corrected chi connectivity index (χ4v) is 2.31. The van der Waals surface area contributed by atoms with E-state index in [9.17, 15) is 4.79 Å². The number of nitriles is 1. The molecule has 0 radical (unpaired) electrons. The second-order valence-electron chi connectivity index (χ2n) is 3.90. The monoisotopic (exact) mass is 249 g/mol. The van der Waals surface area contributed by atoms with Crippen molar-refractivity contribution in [3.8, 4) is 6.07 Å². The normalized spacial score (nSPS) is 11.9. The van der Waals surface area contributed by atoms with Crippen molar-refractivity contribution in [1.29, 1.82) is 5.26 Å². The highest BCUT2D eigenvalue weighted by atomic mass is 32.2. The van der Waals surface area contributed by atoms with Gasteiger partial charge >= 0.3 is 0 Å². The Kier molecular flexibility index (Phi) is 4.13. The van der Waals surface area contributed by atoms with Gasteiger partial charge in [0.2, 0.25) is 5.91 Å². The molecule has 1 heterocycles. The molecular weight excluding hydrogens is 234 g/mol. The Morgan fingerprint density at radius 2 is 2.00 bits per heavy atom.